The summed E-state index contributed by atoms with van der Waals surface area (Å²) in [6, 6.07) is 18.1. The van der Waals surface area contributed by atoms with Crippen LogP contribution in [0.3, 0.4) is 0 Å². The number of methoxy groups -OCH3 is 1. The zero-order chi connectivity index (χ0) is 29.4. The van der Waals surface area contributed by atoms with Crippen molar-refractivity contribution in [2.75, 3.05) is 18.0 Å². The number of amides is 2. The zero-order valence-corrected chi connectivity index (χ0v) is 25.1. The summed E-state index contributed by atoms with van der Waals surface area (Å²) in [5.41, 5.74) is 0.737. The second-order valence-electron chi connectivity index (χ2n) is 9.25. The van der Waals surface area contributed by atoms with Gasteiger partial charge in [-0.2, -0.15) is 0 Å². The molecule has 0 saturated heterocycles. The average molecular weight is 607 g/mol. The topological polar surface area (TPSA) is 96.0 Å². The van der Waals surface area contributed by atoms with Crippen LogP contribution in [0.15, 0.2) is 77.7 Å². The van der Waals surface area contributed by atoms with Crippen LogP contribution in [-0.4, -0.2) is 50.9 Å². The molecule has 0 fully saturated rings. The van der Waals surface area contributed by atoms with Gasteiger partial charge >= 0.3 is 0 Å². The summed E-state index contributed by atoms with van der Waals surface area (Å²) in [5.74, 6) is -0.713. The number of hydrogen-bond donors (Lipinski definition) is 1. The SMILES string of the molecule is CC[C@H](C)NC(=O)[C@@H](C)N(Cc1ccc(Cl)cc1Cl)C(=O)CN(c1ccccc1OC)S(=O)(=O)c1ccccc1. The number of benzene rings is 3. The molecule has 2 amide bonds. The molecule has 0 aliphatic rings. The fourth-order valence-electron chi connectivity index (χ4n) is 3.95. The minimum Gasteiger partial charge on any atom is -0.495 e. The Hall–Kier alpha value is -3.27. The van der Waals surface area contributed by atoms with E-state index in [4.69, 9.17) is 27.9 Å². The van der Waals surface area contributed by atoms with Gasteiger partial charge in [0.25, 0.3) is 10.0 Å². The standard InChI is InChI=1S/C29H33Cl2N3O5S/c1-5-20(2)32-29(36)21(3)33(18-22-15-16-23(30)17-25(22)31)28(35)19-34(26-13-9-10-14-27(26)39-4)40(37,38)24-11-7-6-8-12-24/h6-17,20-21H,5,18-19H2,1-4H3,(H,32,36)/t20-,21+/m0/s1. The van der Waals surface area contributed by atoms with Crippen molar-refractivity contribution in [2.45, 2.75) is 50.7 Å². The molecule has 0 aliphatic carbocycles. The Morgan fingerprint density at radius 1 is 0.975 bits per heavy atom. The minimum absolute atomic E-state index is 0.00330. The zero-order valence-electron chi connectivity index (χ0n) is 22.8. The molecule has 214 valence electrons. The number of carbonyl (C=O) groups is 2. The first-order chi connectivity index (χ1) is 19.0. The van der Waals surface area contributed by atoms with E-state index in [1.54, 1.807) is 67.6 Å². The van der Waals surface area contributed by atoms with Gasteiger partial charge in [-0.15, -0.1) is 0 Å². The van der Waals surface area contributed by atoms with E-state index >= 15 is 0 Å². The van der Waals surface area contributed by atoms with Crippen molar-refractivity contribution in [1.82, 2.24) is 10.2 Å². The minimum atomic E-state index is -4.21. The van der Waals surface area contributed by atoms with E-state index in [0.717, 1.165) is 4.31 Å². The van der Waals surface area contributed by atoms with Crippen molar-refractivity contribution in [1.29, 1.82) is 0 Å². The van der Waals surface area contributed by atoms with Gasteiger partial charge in [0.1, 0.15) is 18.3 Å². The second kappa shape index (κ2) is 13.9. The van der Waals surface area contributed by atoms with Gasteiger partial charge in [0.15, 0.2) is 0 Å². The van der Waals surface area contributed by atoms with Crippen molar-refractivity contribution in [3.05, 3.63) is 88.4 Å². The van der Waals surface area contributed by atoms with Crippen molar-refractivity contribution in [2.24, 2.45) is 0 Å². The monoisotopic (exact) mass is 605 g/mol. The molecular formula is C29H33Cl2N3O5S. The Bertz CT molecular complexity index is 1440. The maximum Gasteiger partial charge on any atom is 0.264 e. The third-order valence-electron chi connectivity index (χ3n) is 6.49. The molecule has 0 aromatic heterocycles. The van der Waals surface area contributed by atoms with Crippen LogP contribution in [0.4, 0.5) is 5.69 Å². The molecule has 40 heavy (non-hydrogen) atoms. The van der Waals surface area contributed by atoms with Gasteiger partial charge in [-0.25, -0.2) is 8.42 Å². The van der Waals surface area contributed by atoms with Gasteiger partial charge in [-0.3, -0.25) is 13.9 Å². The number of halogens is 2. The van der Waals surface area contributed by atoms with E-state index in [9.17, 15) is 18.0 Å². The highest BCUT2D eigenvalue weighted by Gasteiger charge is 2.34. The maximum atomic E-state index is 14.0. The molecule has 3 rings (SSSR count). The fourth-order valence-corrected chi connectivity index (χ4v) is 5.86. The van der Waals surface area contributed by atoms with Gasteiger partial charge in [0, 0.05) is 22.6 Å². The van der Waals surface area contributed by atoms with Crippen LogP contribution in [0.1, 0.15) is 32.8 Å². The highest BCUT2D eigenvalue weighted by Crippen LogP contribution is 2.32. The first-order valence-corrected chi connectivity index (χ1v) is 14.9. The first kappa shape index (κ1) is 31.3. The van der Waals surface area contributed by atoms with Gasteiger partial charge in [0.05, 0.1) is 17.7 Å². The molecule has 0 bridgehead atoms. The molecule has 11 heteroatoms. The Morgan fingerprint density at radius 2 is 1.62 bits per heavy atom. The number of nitrogens with one attached hydrogen (secondary N) is 1. The number of hydrogen-bond acceptors (Lipinski definition) is 5. The molecule has 0 spiro atoms. The Morgan fingerprint density at radius 3 is 2.25 bits per heavy atom. The molecule has 3 aromatic carbocycles. The van der Waals surface area contributed by atoms with Crippen LogP contribution in [0.2, 0.25) is 10.0 Å². The Balaban J connectivity index is 2.07. The van der Waals surface area contributed by atoms with Crippen molar-refractivity contribution < 1.29 is 22.7 Å². The normalized spacial score (nSPS) is 12.8. The summed E-state index contributed by atoms with van der Waals surface area (Å²) >= 11 is 12.5. The molecular weight excluding hydrogens is 573 g/mol. The predicted octanol–water partition coefficient (Wildman–Crippen LogP) is 5.53. The quantitative estimate of drug-likeness (QED) is 0.293. The van der Waals surface area contributed by atoms with E-state index in [0.29, 0.717) is 22.0 Å². The van der Waals surface area contributed by atoms with E-state index in [-0.39, 0.29) is 34.8 Å². The molecule has 0 heterocycles. The van der Waals surface area contributed by atoms with Gasteiger partial charge in [0.2, 0.25) is 11.8 Å². The van der Waals surface area contributed by atoms with Crippen LogP contribution in [-0.2, 0) is 26.2 Å². The average Bonchev–Trinajstić information content (AvgIpc) is 2.95. The maximum absolute atomic E-state index is 14.0. The largest absolute Gasteiger partial charge is 0.495 e. The highest BCUT2D eigenvalue weighted by atomic mass is 35.5. The number of anilines is 1. The molecule has 0 unspecified atom stereocenters. The van der Waals surface area contributed by atoms with E-state index < -0.39 is 28.5 Å². The number of sulfonamides is 1. The molecule has 0 radical (unpaired) electrons. The van der Waals surface area contributed by atoms with Crippen molar-refractivity contribution >= 4 is 50.7 Å². The lowest BCUT2D eigenvalue weighted by Gasteiger charge is -2.33. The van der Waals surface area contributed by atoms with Crippen LogP contribution >= 0.6 is 23.2 Å². The van der Waals surface area contributed by atoms with E-state index in [1.165, 1.54) is 24.1 Å². The smallest absolute Gasteiger partial charge is 0.264 e. The van der Waals surface area contributed by atoms with E-state index in [1.807, 2.05) is 13.8 Å². The summed E-state index contributed by atoms with van der Waals surface area (Å²) in [4.78, 5) is 28.5. The molecule has 8 nitrogen and oxygen atoms in total. The third-order valence-corrected chi connectivity index (χ3v) is 8.85. The number of carbonyl (C=O) groups excluding carboxylic acids is 2. The van der Waals surface area contributed by atoms with Crippen LogP contribution in [0.25, 0.3) is 0 Å². The van der Waals surface area contributed by atoms with Crippen molar-refractivity contribution in [3.8, 4) is 5.75 Å². The molecule has 0 aliphatic heterocycles. The lowest BCUT2D eigenvalue weighted by molar-refractivity contribution is -0.139. The summed E-state index contributed by atoms with van der Waals surface area (Å²) in [6.07, 6.45) is 0.701. The molecule has 0 saturated carbocycles. The second-order valence-corrected chi connectivity index (χ2v) is 12.0. The number of ether oxygens (including phenoxy) is 1. The van der Waals surface area contributed by atoms with E-state index in [2.05, 4.69) is 5.32 Å². The Kier molecular flexibility index (Phi) is 10.8. The Labute approximate surface area is 245 Å². The van der Waals surface area contributed by atoms with Crippen LogP contribution < -0.4 is 14.4 Å². The van der Waals surface area contributed by atoms with Crippen LogP contribution in [0, 0.1) is 0 Å². The van der Waals surface area contributed by atoms with Crippen LogP contribution in [0.5, 0.6) is 5.75 Å². The molecule has 1 N–H and O–H groups in total. The van der Waals surface area contributed by atoms with Gasteiger partial charge in [-0.05, 0) is 62.2 Å². The fraction of sp³-hybridized carbons (Fsp3) is 0.310. The third kappa shape index (κ3) is 7.47. The highest BCUT2D eigenvalue weighted by molar-refractivity contribution is 7.92. The lowest BCUT2D eigenvalue weighted by Crippen LogP contribution is -2.52. The lowest BCUT2D eigenvalue weighted by atomic mass is 10.1. The predicted molar refractivity (Wildman–Crippen MR) is 158 cm³/mol. The number of rotatable bonds is 12. The molecule has 3 aromatic rings. The summed E-state index contributed by atoms with van der Waals surface area (Å²) in [7, 11) is -2.79. The van der Waals surface area contributed by atoms with Crippen molar-refractivity contribution in [3.63, 3.8) is 0 Å². The summed E-state index contributed by atoms with van der Waals surface area (Å²) in [5, 5.41) is 3.63. The number of nitrogens with zero attached hydrogens (tertiary/aromatic N) is 2. The summed E-state index contributed by atoms with van der Waals surface area (Å²) < 4.78 is 34.2. The first-order valence-electron chi connectivity index (χ1n) is 12.7. The van der Waals surface area contributed by atoms with Gasteiger partial charge in [-0.1, -0.05) is 66.5 Å². The number of para-hydroxylation sites is 2. The summed E-state index contributed by atoms with van der Waals surface area (Å²) in [6.45, 7) is 4.76. The molecule has 2 atom stereocenters. The van der Waals surface area contributed by atoms with Gasteiger partial charge < -0.3 is 15.0 Å².